The molecule has 1 aromatic carbocycles. The second-order valence-electron chi connectivity index (χ2n) is 6.83. The number of amides is 1. The van der Waals surface area contributed by atoms with Gasteiger partial charge in [-0.05, 0) is 12.1 Å². The van der Waals surface area contributed by atoms with Gasteiger partial charge in [0.25, 0.3) is 6.43 Å². The molecule has 1 aliphatic heterocycles. The van der Waals surface area contributed by atoms with Gasteiger partial charge in [0.2, 0.25) is 0 Å². The first-order valence-corrected chi connectivity index (χ1v) is 11.5. The van der Waals surface area contributed by atoms with Crippen molar-refractivity contribution in [2.75, 3.05) is 25.2 Å². The predicted molar refractivity (Wildman–Crippen MR) is 112 cm³/mol. The van der Waals surface area contributed by atoms with Gasteiger partial charge >= 0.3 is 134 Å². The summed E-state index contributed by atoms with van der Waals surface area (Å²) in [6.07, 6.45) is -1.30. The predicted octanol–water partition coefficient (Wildman–Crippen LogP) is 2.32. The molecule has 31 heavy (non-hydrogen) atoms. The van der Waals surface area contributed by atoms with Crippen LogP contribution in [0.25, 0.3) is 5.65 Å². The molecule has 1 N–H and O–H groups in total. The summed E-state index contributed by atoms with van der Waals surface area (Å²) in [6.45, 7) is 1.80. The molecule has 0 spiro atoms. The zero-order chi connectivity index (χ0) is 22.0. The molecule has 1 amide bonds. The summed E-state index contributed by atoms with van der Waals surface area (Å²) in [7, 11) is 1.60. The average molecular weight is 618 g/mol. The van der Waals surface area contributed by atoms with Crippen LogP contribution in [0.3, 0.4) is 0 Å². The van der Waals surface area contributed by atoms with Crippen LogP contribution in [0, 0.1) is 0 Å². The normalized spacial score (nSPS) is 14.1. The topological polar surface area (TPSA) is 74.5 Å². The SMILES string of the molecule is COC1=NN(c2ccc(CNC(=O)c3c(C(F)F)nc4ccccn34)cc2)CC[N]1[Tl]. The zero-order valence-corrected chi connectivity index (χ0v) is 21.2. The van der Waals surface area contributed by atoms with E-state index in [0.717, 1.165) is 24.3 Å². The summed E-state index contributed by atoms with van der Waals surface area (Å²) in [4.78, 5) is 16.6. The van der Waals surface area contributed by atoms with Gasteiger partial charge < -0.3 is 0 Å². The number of rotatable bonds is 5. The number of carbonyl (C=O) groups excluding carboxylic acids is 1. The summed E-state index contributed by atoms with van der Waals surface area (Å²) in [5.74, 6) is -0.600. The van der Waals surface area contributed by atoms with Gasteiger partial charge in [-0.2, -0.15) is 0 Å². The Morgan fingerprint density at radius 2 is 2.00 bits per heavy atom. The number of fused-ring (bicyclic) bond motifs is 1. The number of nitrogens with one attached hydrogen (secondary N) is 1. The number of amidine groups is 1. The number of hydrazone groups is 1. The number of methoxy groups -OCH3 is 1. The number of hydrogen-bond donors (Lipinski definition) is 1. The Kier molecular flexibility index (Phi) is 6.34. The Balaban J connectivity index is 1.47. The Bertz CT molecular complexity index is 1120. The van der Waals surface area contributed by atoms with E-state index in [0.29, 0.717) is 37.7 Å². The molecule has 11 heteroatoms. The first kappa shape index (κ1) is 21.5. The number of alkyl halides is 2. The van der Waals surface area contributed by atoms with Gasteiger partial charge in [-0.25, -0.2) is 13.8 Å². The number of benzene rings is 1. The minimum atomic E-state index is -2.84. The number of carbonyl (C=O) groups is 1. The number of pyridine rings is 1. The summed E-state index contributed by atoms with van der Waals surface area (Å²) >= 11 is 0.621. The fraction of sp³-hybridized carbons (Fsp3) is 0.250. The minimum absolute atomic E-state index is 0.148. The Morgan fingerprint density at radius 1 is 1.23 bits per heavy atom. The number of ether oxygens (including phenoxy) is 1. The molecule has 0 unspecified atom stereocenters. The molecular formula is C20H19F2N6O2Tl. The van der Waals surface area contributed by atoms with Gasteiger partial charge in [-0.3, -0.25) is 4.40 Å². The Morgan fingerprint density at radius 3 is 2.71 bits per heavy atom. The van der Waals surface area contributed by atoms with E-state index in [4.69, 9.17) is 4.74 Å². The molecule has 0 bridgehead atoms. The van der Waals surface area contributed by atoms with Crippen LogP contribution >= 0.6 is 0 Å². The van der Waals surface area contributed by atoms with Gasteiger partial charge in [0.05, 0.1) is 0 Å². The summed E-state index contributed by atoms with van der Waals surface area (Å²) in [5.41, 5.74) is 1.38. The van der Waals surface area contributed by atoms with E-state index in [1.807, 2.05) is 29.3 Å². The fourth-order valence-electron chi connectivity index (χ4n) is 3.30. The van der Waals surface area contributed by atoms with Gasteiger partial charge in [0.15, 0.2) is 0 Å². The van der Waals surface area contributed by atoms with E-state index in [-0.39, 0.29) is 12.2 Å². The van der Waals surface area contributed by atoms with Crippen molar-refractivity contribution in [2.45, 2.75) is 13.0 Å². The maximum absolute atomic E-state index is 13.4. The second kappa shape index (κ2) is 9.16. The number of hydrogen-bond acceptors (Lipinski definition) is 6. The third-order valence-corrected chi connectivity index (χ3v) is 6.72. The molecule has 3 heterocycles. The zero-order valence-electron chi connectivity index (χ0n) is 16.7. The van der Waals surface area contributed by atoms with E-state index in [1.54, 1.807) is 31.5 Å². The van der Waals surface area contributed by atoms with Crippen LogP contribution in [0.5, 0.6) is 0 Å². The van der Waals surface area contributed by atoms with Crippen molar-refractivity contribution in [2.24, 2.45) is 5.10 Å². The molecular weight excluding hydrogens is 599 g/mol. The second-order valence-corrected chi connectivity index (χ2v) is 9.25. The van der Waals surface area contributed by atoms with Gasteiger partial charge in [-0.15, -0.1) is 0 Å². The van der Waals surface area contributed by atoms with Gasteiger partial charge in [-0.1, -0.05) is 6.07 Å². The van der Waals surface area contributed by atoms with E-state index < -0.39 is 18.0 Å². The third-order valence-electron chi connectivity index (χ3n) is 4.85. The standard InChI is InChI=1S/C20H20F2N6O2.Tl/c1-30-20-23-9-11-28(26-20)14-7-5-13(6-8-14)12-24-19(29)17-16(18(21)22)25-15-4-2-3-10-27(15)17;/h2-8,10,18H,9,11-12H2,1H3,(H2,23,24,26,29);/q;+1/p-1. The first-order chi connectivity index (χ1) is 15.0. The van der Waals surface area contributed by atoms with Crippen molar-refractivity contribution >= 4 is 49.3 Å². The van der Waals surface area contributed by atoms with Crippen LogP contribution in [-0.2, 0) is 11.3 Å². The number of halogens is 2. The van der Waals surface area contributed by atoms with E-state index in [1.165, 1.54) is 4.40 Å². The summed E-state index contributed by atoms with van der Waals surface area (Å²) in [6, 6.07) is 13.1. The quantitative estimate of drug-likeness (QED) is 0.445. The summed E-state index contributed by atoms with van der Waals surface area (Å²) < 4.78 is 35.6. The molecule has 4 rings (SSSR count). The number of aromatic nitrogens is 2. The van der Waals surface area contributed by atoms with E-state index >= 15 is 0 Å². The Hall–Kier alpha value is -2.77. The van der Waals surface area contributed by atoms with E-state index in [2.05, 4.69) is 18.1 Å². The molecule has 0 aliphatic carbocycles. The van der Waals surface area contributed by atoms with Crippen LogP contribution in [0.4, 0.5) is 14.5 Å². The molecule has 0 radical (unpaired) electrons. The summed E-state index contributed by atoms with van der Waals surface area (Å²) in [5, 5.41) is 9.07. The molecule has 0 saturated carbocycles. The Labute approximate surface area is 193 Å². The number of anilines is 1. The third kappa shape index (κ3) is 4.48. The number of imidazole rings is 1. The van der Waals surface area contributed by atoms with Crippen molar-refractivity contribution in [3.05, 3.63) is 65.6 Å². The van der Waals surface area contributed by atoms with E-state index in [9.17, 15) is 13.6 Å². The number of nitrogens with zero attached hydrogens (tertiary/aromatic N) is 5. The van der Waals surface area contributed by atoms with Crippen molar-refractivity contribution in [3.8, 4) is 0 Å². The average Bonchev–Trinajstić information content (AvgIpc) is 3.18. The molecule has 2 aromatic heterocycles. The monoisotopic (exact) mass is 618 g/mol. The molecule has 0 saturated heterocycles. The molecule has 158 valence electrons. The van der Waals surface area contributed by atoms with Crippen molar-refractivity contribution in [1.29, 1.82) is 0 Å². The molecule has 3 aromatic rings. The molecule has 1 aliphatic rings. The van der Waals surface area contributed by atoms with Crippen LogP contribution in [0.2, 0.25) is 0 Å². The molecule has 8 nitrogen and oxygen atoms in total. The first-order valence-electron chi connectivity index (χ1n) is 9.52. The molecule has 0 atom stereocenters. The van der Waals surface area contributed by atoms with Crippen LogP contribution in [-0.4, -0.2) is 70.3 Å². The van der Waals surface area contributed by atoms with Gasteiger partial charge in [0, 0.05) is 6.20 Å². The van der Waals surface area contributed by atoms with Gasteiger partial charge in [0.1, 0.15) is 11.3 Å². The van der Waals surface area contributed by atoms with Crippen LogP contribution in [0.15, 0.2) is 53.8 Å². The molecule has 0 fully saturated rings. The fourth-order valence-corrected chi connectivity index (χ4v) is 4.36. The van der Waals surface area contributed by atoms with Crippen LogP contribution < -0.4 is 10.3 Å². The van der Waals surface area contributed by atoms with Crippen molar-refractivity contribution < 1.29 is 18.3 Å². The van der Waals surface area contributed by atoms with Crippen molar-refractivity contribution in [3.63, 3.8) is 0 Å². The maximum atomic E-state index is 13.4. The van der Waals surface area contributed by atoms with Crippen molar-refractivity contribution in [1.82, 2.24) is 17.4 Å². The van der Waals surface area contributed by atoms with Crippen LogP contribution in [0.1, 0.15) is 28.2 Å².